The number of halogens is 1. The number of hydrogen-bond donors (Lipinski definition) is 0. The Morgan fingerprint density at radius 2 is 1.83 bits per heavy atom. The van der Waals surface area contributed by atoms with Crippen LogP contribution in [-0.2, 0) is 0 Å². The van der Waals surface area contributed by atoms with Crippen LogP contribution in [0.25, 0.3) is 27.8 Å². The molecule has 0 amide bonds. The zero-order chi connectivity index (χ0) is 20.8. The average Bonchev–Trinajstić information content (AvgIpc) is 3.32. The Bertz CT molecular complexity index is 1190. The zero-order valence-electron chi connectivity index (χ0n) is 16.0. The van der Waals surface area contributed by atoms with Crippen LogP contribution in [0.5, 0.6) is 0 Å². The first-order chi connectivity index (χ1) is 14.7. The molecule has 4 rings (SSSR count). The number of nitrogens with zero attached hydrogens (tertiary/aromatic N) is 2. The molecule has 4 aromatic rings. The van der Waals surface area contributed by atoms with E-state index < -0.39 is 0 Å². The zero-order valence-corrected chi connectivity index (χ0v) is 17.6. The minimum absolute atomic E-state index is 0.301. The van der Waals surface area contributed by atoms with E-state index in [0.717, 1.165) is 27.3 Å². The van der Waals surface area contributed by atoms with Crippen molar-refractivity contribution in [1.82, 2.24) is 4.98 Å². The summed E-state index contributed by atoms with van der Waals surface area (Å²) in [5.74, 6) is 0.387. The third kappa shape index (κ3) is 4.68. The summed E-state index contributed by atoms with van der Waals surface area (Å²) in [6, 6.07) is 24.5. The van der Waals surface area contributed by atoms with Crippen molar-refractivity contribution in [3.05, 3.63) is 101 Å². The molecule has 0 aliphatic heterocycles. The topological polar surface area (TPSA) is 36.7 Å². The maximum absolute atomic E-state index is 13.4. The number of nitriles is 1. The summed E-state index contributed by atoms with van der Waals surface area (Å²) in [6.07, 6.45) is 4.13. The molecular formula is C25H17FN2S2. The van der Waals surface area contributed by atoms with Crippen molar-refractivity contribution in [1.29, 1.82) is 5.26 Å². The van der Waals surface area contributed by atoms with Crippen molar-refractivity contribution in [2.24, 2.45) is 0 Å². The summed E-state index contributed by atoms with van der Waals surface area (Å²) in [4.78, 5) is 5.81. The van der Waals surface area contributed by atoms with Gasteiger partial charge >= 0.3 is 0 Å². The second-order valence-electron chi connectivity index (χ2n) is 6.46. The summed E-state index contributed by atoms with van der Waals surface area (Å²) in [5, 5.41) is 12.6. The molecule has 0 saturated carbocycles. The summed E-state index contributed by atoms with van der Waals surface area (Å²) in [6.45, 7) is 0. The predicted molar refractivity (Wildman–Crippen MR) is 124 cm³/mol. The molecule has 0 unspecified atom stereocenters. The number of thioether (sulfide) groups is 1. The number of pyridine rings is 1. The molecule has 0 spiro atoms. The maximum Gasteiger partial charge on any atom is 0.123 e. The summed E-state index contributed by atoms with van der Waals surface area (Å²) in [5.41, 5.74) is 4.03. The van der Waals surface area contributed by atoms with Crippen molar-refractivity contribution in [3.63, 3.8) is 0 Å². The molecule has 2 heterocycles. The van der Waals surface area contributed by atoms with Crippen LogP contribution in [0.1, 0.15) is 11.1 Å². The first-order valence-electron chi connectivity index (χ1n) is 9.34. The Hall–Kier alpha value is -3.20. The van der Waals surface area contributed by atoms with Gasteiger partial charge in [0.1, 0.15) is 16.9 Å². The number of aromatic nitrogens is 1. The van der Waals surface area contributed by atoms with E-state index in [1.54, 1.807) is 23.5 Å². The third-order valence-electron chi connectivity index (χ3n) is 4.45. The Morgan fingerprint density at radius 1 is 1.03 bits per heavy atom. The van der Waals surface area contributed by atoms with Gasteiger partial charge in [0.25, 0.3) is 0 Å². The number of hydrogen-bond acceptors (Lipinski definition) is 4. The van der Waals surface area contributed by atoms with Crippen LogP contribution in [0.4, 0.5) is 4.39 Å². The lowest BCUT2D eigenvalue weighted by Crippen LogP contribution is -1.95. The fraction of sp³-hybridized carbons (Fsp3) is 0.0400. The number of thiophene rings is 1. The van der Waals surface area contributed by atoms with Gasteiger partial charge in [-0.1, -0.05) is 60.7 Å². The second kappa shape index (κ2) is 9.53. The number of benzene rings is 2. The smallest absolute Gasteiger partial charge is 0.123 e. The largest absolute Gasteiger partial charge is 0.239 e. The number of rotatable bonds is 6. The van der Waals surface area contributed by atoms with E-state index >= 15 is 0 Å². The van der Waals surface area contributed by atoms with Crippen molar-refractivity contribution in [2.75, 3.05) is 5.75 Å². The molecule has 30 heavy (non-hydrogen) atoms. The highest BCUT2D eigenvalue weighted by Crippen LogP contribution is 2.35. The SMILES string of the molecule is N#Cc1c(-c2ccc(F)cc2)cc(-c2cccs2)nc1SCC=Cc1ccccc1. The van der Waals surface area contributed by atoms with Crippen LogP contribution >= 0.6 is 23.1 Å². The summed E-state index contributed by atoms with van der Waals surface area (Å²) in [7, 11) is 0. The predicted octanol–water partition coefficient (Wildman–Crippen LogP) is 7.29. The van der Waals surface area contributed by atoms with Gasteiger partial charge in [-0.3, -0.25) is 0 Å². The molecule has 0 N–H and O–H groups in total. The Morgan fingerprint density at radius 3 is 2.53 bits per heavy atom. The fourth-order valence-corrected chi connectivity index (χ4v) is 4.52. The molecule has 0 atom stereocenters. The highest BCUT2D eigenvalue weighted by Gasteiger charge is 2.16. The second-order valence-corrected chi connectivity index (χ2v) is 8.41. The minimum atomic E-state index is -0.301. The molecule has 0 saturated heterocycles. The van der Waals surface area contributed by atoms with Gasteiger partial charge in [-0.2, -0.15) is 5.26 Å². The first kappa shape index (κ1) is 20.1. The van der Waals surface area contributed by atoms with E-state index in [0.29, 0.717) is 16.3 Å². The van der Waals surface area contributed by atoms with Crippen LogP contribution < -0.4 is 0 Å². The van der Waals surface area contributed by atoms with Crippen LogP contribution in [-0.4, -0.2) is 10.7 Å². The van der Waals surface area contributed by atoms with Gasteiger partial charge in [0.15, 0.2) is 0 Å². The van der Waals surface area contributed by atoms with Gasteiger partial charge in [-0.15, -0.1) is 23.1 Å². The van der Waals surface area contributed by atoms with E-state index in [-0.39, 0.29) is 5.82 Å². The molecule has 0 aliphatic carbocycles. The van der Waals surface area contributed by atoms with Crippen LogP contribution in [0, 0.1) is 17.1 Å². The molecule has 5 heteroatoms. The van der Waals surface area contributed by atoms with E-state index in [2.05, 4.69) is 18.2 Å². The molecule has 0 aliphatic rings. The van der Waals surface area contributed by atoms with Gasteiger partial charge in [0, 0.05) is 11.3 Å². The summed E-state index contributed by atoms with van der Waals surface area (Å²) < 4.78 is 13.4. The fourth-order valence-electron chi connectivity index (χ4n) is 3.02. The quantitative estimate of drug-likeness (QED) is 0.303. The normalized spacial score (nSPS) is 10.9. The van der Waals surface area contributed by atoms with Gasteiger partial charge in [-0.25, -0.2) is 9.37 Å². The molecule has 0 bridgehead atoms. The Kier molecular flexibility index (Phi) is 6.38. The lowest BCUT2D eigenvalue weighted by molar-refractivity contribution is 0.628. The average molecular weight is 429 g/mol. The molecule has 0 radical (unpaired) electrons. The standard InChI is InChI=1S/C25H17FN2S2/c26-20-12-10-19(11-13-20)21-16-23(24-9-5-14-29-24)28-25(22(21)17-27)30-15-4-8-18-6-2-1-3-7-18/h1-14,16H,15H2. The highest BCUT2D eigenvalue weighted by atomic mass is 32.2. The maximum atomic E-state index is 13.4. The Balaban J connectivity index is 1.70. The van der Waals surface area contributed by atoms with E-state index in [1.165, 1.54) is 23.9 Å². The summed E-state index contributed by atoms with van der Waals surface area (Å²) >= 11 is 3.13. The van der Waals surface area contributed by atoms with Crippen molar-refractivity contribution in [3.8, 4) is 27.8 Å². The lowest BCUT2D eigenvalue weighted by atomic mass is 10.0. The van der Waals surface area contributed by atoms with E-state index in [1.807, 2.05) is 53.9 Å². The van der Waals surface area contributed by atoms with Gasteiger partial charge in [0.05, 0.1) is 16.1 Å². The van der Waals surface area contributed by atoms with E-state index in [4.69, 9.17) is 4.98 Å². The molecule has 2 aromatic heterocycles. The van der Waals surface area contributed by atoms with Crippen LogP contribution in [0.2, 0.25) is 0 Å². The highest BCUT2D eigenvalue weighted by molar-refractivity contribution is 7.99. The Labute approximate surface area is 183 Å². The van der Waals surface area contributed by atoms with E-state index in [9.17, 15) is 9.65 Å². The van der Waals surface area contributed by atoms with Crippen LogP contribution in [0.15, 0.2) is 89.3 Å². The molecular weight excluding hydrogens is 411 g/mol. The van der Waals surface area contributed by atoms with Crippen molar-refractivity contribution < 1.29 is 4.39 Å². The monoisotopic (exact) mass is 428 g/mol. The van der Waals surface area contributed by atoms with Gasteiger partial charge in [0.2, 0.25) is 0 Å². The van der Waals surface area contributed by atoms with Crippen molar-refractivity contribution >= 4 is 29.2 Å². The molecule has 146 valence electrons. The van der Waals surface area contributed by atoms with Gasteiger partial charge < -0.3 is 0 Å². The van der Waals surface area contributed by atoms with Gasteiger partial charge in [-0.05, 0) is 40.8 Å². The minimum Gasteiger partial charge on any atom is -0.239 e. The molecule has 2 aromatic carbocycles. The molecule has 2 nitrogen and oxygen atoms in total. The third-order valence-corrected chi connectivity index (χ3v) is 6.27. The molecule has 0 fully saturated rings. The first-order valence-corrected chi connectivity index (χ1v) is 11.2. The van der Waals surface area contributed by atoms with Crippen LogP contribution in [0.3, 0.4) is 0 Å². The lowest BCUT2D eigenvalue weighted by Gasteiger charge is -2.11. The van der Waals surface area contributed by atoms with Crippen molar-refractivity contribution in [2.45, 2.75) is 5.03 Å².